The van der Waals surface area contributed by atoms with Crippen LogP contribution >= 0.6 is 0 Å². The van der Waals surface area contributed by atoms with Crippen LogP contribution in [0.2, 0.25) is 0 Å². The summed E-state index contributed by atoms with van der Waals surface area (Å²) in [6.07, 6.45) is 2.31. The van der Waals surface area contributed by atoms with Gasteiger partial charge in [0.15, 0.2) is 11.5 Å². The average molecular weight is 415 g/mol. The molecular weight excluding hydrogens is 389 g/mol. The molecule has 160 valence electrons. The van der Waals surface area contributed by atoms with Crippen molar-refractivity contribution in [3.05, 3.63) is 53.8 Å². The Labute approximate surface area is 175 Å². The number of hydrogen-bond acceptors (Lipinski definition) is 5. The summed E-state index contributed by atoms with van der Waals surface area (Å²) in [5, 5.41) is 6.27. The average Bonchev–Trinajstić information content (AvgIpc) is 2.74. The maximum absolute atomic E-state index is 13.6. The number of amides is 2. The van der Waals surface area contributed by atoms with Crippen molar-refractivity contribution in [2.45, 2.75) is 27.2 Å². The summed E-state index contributed by atoms with van der Waals surface area (Å²) in [7, 11) is 0. The van der Waals surface area contributed by atoms with E-state index < -0.39 is 23.5 Å². The molecule has 0 aliphatic heterocycles. The number of benzene rings is 2. The van der Waals surface area contributed by atoms with E-state index in [9.17, 15) is 14.0 Å². The van der Waals surface area contributed by atoms with Gasteiger partial charge in [-0.2, -0.15) is 5.10 Å². The van der Waals surface area contributed by atoms with Gasteiger partial charge in [-0.15, -0.1) is 0 Å². The highest BCUT2D eigenvalue weighted by molar-refractivity contribution is 6.06. The summed E-state index contributed by atoms with van der Waals surface area (Å²) in [5.41, 5.74) is 3.02. The number of ether oxygens (including phenoxy) is 2. The first kappa shape index (κ1) is 22.9. The van der Waals surface area contributed by atoms with Gasteiger partial charge in [0.1, 0.15) is 11.7 Å². The third-order valence-corrected chi connectivity index (χ3v) is 4.04. The molecule has 0 aromatic heterocycles. The van der Waals surface area contributed by atoms with Gasteiger partial charge in [-0.3, -0.25) is 9.59 Å². The highest BCUT2D eigenvalue weighted by Gasteiger charge is 2.22. The van der Waals surface area contributed by atoms with Crippen LogP contribution in [0.25, 0.3) is 0 Å². The Hall–Kier alpha value is -3.42. The second-order valence-electron chi connectivity index (χ2n) is 6.41. The van der Waals surface area contributed by atoms with E-state index in [4.69, 9.17) is 9.47 Å². The molecule has 1 atom stereocenters. The largest absolute Gasteiger partial charge is 0.490 e. The molecule has 2 aromatic carbocycles. The maximum Gasteiger partial charge on any atom is 0.252 e. The Bertz CT molecular complexity index is 902. The second kappa shape index (κ2) is 11.5. The number of halogens is 1. The van der Waals surface area contributed by atoms with E-state index in [0.29, 0.717) is 30.3 Å². The molecule has 30 heavy (non-hydrogen) atoms. The molecule has 0 aliphatic rings. The molecule has 0 heterocycles. The van der Waals surface area contributed by atoms with E-state index in [1.165, 1.54) is 31.3 Å². The predicted octanol–water partition coefficient (Wildman–Crippen LogP) is 3.74. The summed E-state index contributed by atoms with van der Waals surface area (Å²) in [6, 6.07) is 11.0. The standard InChI is InChI=1S/C22H26FN3O4/c1-4-12-30-19-11-10-16(13-20(19)29-5-2)14-24-26-22(28)15(3)21(27)25-18-9-7-6-8-17(18)23/h6-11,13-15H,4-5,12H2,1-3H3,(H,25,27)(H,26,28). The molecule has 0 aliphatic carbocycles. The van der Waals surface area contributed by atoms with Crippen LogP contribution in [-0.4, -0.2) is 31.2 Å². The monoisotopic (exact) mass is 415 g/mol. The first-order valence-corrected chi connectivity index (χ1v) is 9.74. The van der Waals surface area contributed by atoms with Crippen LogP contribution in [0.3, 0.4) is 0 Å². The van der Waals surface area contributed by atoms with Gasteiger partial charge in [-0.25, -0.2) is 9.82 Å². The zero-order valence-corrected chi connectivity index (χ0v) is 17.3. The lowest BCUT2D eigenvalue weighted by Crippen LogP contribution is -2.34. The van der Waals surface area contributed by atoms with Crippen molar-refractivity contribution in [1.82, 2.24) is 5.43 Å². The molecule has 0 saturated carbocycles. The van der Waals surface area contributed by atoms with Gasteiger partial charge >= 0.3 is 0 Å². The highest BCUT2D eigenvalue weighted by Crippen LogP contribution is 2.28. The number of anilines is 1. The molecule has 1 unspecified atom stereocenters. The van der Waals surface area contributed by atoms with Crippen molar-refractivity contribution in [3.8, 4) is 11.5 Å². The molecule has 0 bridgehead atoms. The van der Waals surface area contributed by atoms with Gasteiger partial charge in [0, 0.05) is 0 Å². The molecule has 2 aromatic rings. The van der Waals surface area contributed by atoms with E-state index in [1.807, 2.05) is 13.8 Å². The zero-order valence-electron chi connectivity index (χ0n) is 17.3. The molecular formula is C22H26FN3O4. The SMILES string of the molecule is CCCOc1ccc(C=NNC(=O)C(C)C(=O)Nc2ccccc2F)cc1OCC. The Morgan fingerprint density at radius 1 is 1.10 bits per heavy atom. The van der Waals surface area contributed by atoms with Crippen LogP contribution in [0.4, 0.5) is 10.1 Å². The quantitative estimate of drug-likeness (QED) is 0.351. The Morgan fingerprint density at radius 3 is 2.57 bits per heavy atom. The fourth-order valence-electron chi connectivity index (χ4n) is 2.39. The van der Waals surface area contributed by atoms with E-state index in [1.54, 1.807) is 24.3 Å². The molecule has 0 saturated heterocycles. The summed E-state index contributed by atoms with van der Waals surface area (Å²) >= 11 is 0. The van der Waals surface area contributed by atoms with Gasteiger partial charge in [-0.1, -0.05) is 19.1 Å². The number of para-hydroxylation sites is 1. The predicted molar refractivity (Wildman–Crippen MR) is 113 cm³/mol. The normalized spacial score (nSPS) is 11.7. The number of hydrogen-bond donors (Lipinski definition) is 2. The van der Waals surface area contributed by atoms with Crippen molar-refractivity contribution < 1.29 is 23.5 Å². The number of hydrazone groups is 1. The van der Waals surface area contributed by atoms with Crippen molar-refractivity contribution in [2.24, 2.45) is 11.0 Å². The third-order valence-electron chi connectivity index (χ3n) is 4.04. The lowest BCUT2D eigenvalue weighted by molar-refractivity contribution is -0.131. The van der Waals surface area contributed by atoms with Gasteiger partial charge in [0.25, 0.3) is 5.91 Å². The lowest BCUT2D eigenvalue weighted by Gasteiger charge is -2.12. The number of nitrogens with zero attached hydrogens (tertiary/aromatic N) is 1. The van der Waals surface area contributed by atoms with Gasteiger partial charge in [0.05, 0.1) is 25.1 Å². The summed E-state index contributed by atoms with van der Waals surface area (Å²) in [6.45, 7) is 6.36. The van der Waals surface area contributed by atoms with Crippen molar-refractivity contribution in [1.29, 1.82) is 0 Å². The first-order chi connectivity index (χ1) is 14.5. The van der Waals surface area contributed by atoms with Crippen molar-refractivity contribution in [3.63, 3.8) is 0 Å². The minimum atomic E-state index is -1.06. The molecule has 2 rings (SSSR count). The topological polar surface area (TPSA) is 89.0 Å². The number of carbonyl (C=O) groups is 2. The third kappa shape index (κ3) is 6.58. The second-order valence-corrected chi connectivity index (χ2v) is 6.41. The Balaban J connectivity index is 1.96. The first-order valence-electron chi connectivity index (χ1n) is 9.74. The molecule has 0 radical (unpaired) electrons. The molecule has 7 nitrogen and oxygen atoms in total. The molecule has 2 N–H and O–H groups in total. The summed E-state index contributed by atoms with van der Waals surface area (Å²) in [4.78, 5) is 24.3. The van der Waals surface area contributed by atoms with E-state index in [-0.39, 0.29) is 5.69 Å². The van der Waals surface area contributed by atoms with E-state index >= 15 is 0 Å². The minimum Gasteiger partial charge on any atom is -0.490 e. The number of carbonyl (C=O) groups excluding carboxylic acids is 2. The van der Waals surface area contributed by atoms with Crippen LogP contribution in [-0.2, 0) is 9.59 Å². The summed E-state index contributed by atoms with van der Waals surface area (Å²) < 4.78 is 24.9. The molecule has 0 fully saturated rings. The van der Waals surface area contributed by atoms with E-state index in [0.717, 1.165) is 6.42 Å². The maximum atomic E-state index is 13.6. The van der Waals surface area contributed by atoms with Crippen LogP contribution < -0.4 is 20.2 Å². The van der Waals surface area contributed by atoms with Crippen LogP contribution in [0, 0.1) is 11.7 Å². The van der Waals surface area contributed by atoms with Crippen LogP contribution in [0.1, 0.15) is 32.8 Å². The highest BCUT2D eigenvalue weighted by atomic mass is 19.1. The molecule has 8 heteroatoms. The van der Waals surface area contributed by atoms with Gasteiger partial charge in [0.2, 0.25) is 5.91 Å². The smallest absolute Gasteiger partial charge is 0.252 e. The van der Waals surface area contributed by atoms with Gasteiger partial charge < -0.3 is 14.8 Å². The minimum absolute atomic E-state index is 0.0134. The summed E-state index contributed by atoms with van der Waals surface area (Å²) in [5.74, 6) is -1.67. The number of rotatable bonds is 10. The zero-order chi connectivity index (χ0) is 21.9. The number of nitrogens with one attached hydrogen (secondary N) is 2. The lowest BCUT2D eigenvalue weighted by atomic mass is 10.1. The fourth-order valence-corrected chi connectivity index (χ4v) is 2.39. The molecule has 2 amide bonds. The van der Waals surface area contributed by atoms with Crippen molar-refractivity contribution >= 4 is 23.7 Å². The van der Waals surface area contributed by atoms with Gasteiger partial charge in [-0.05, 0) is 56.2 Å². The van der Waals surface area contributed by atoms with Crippen LogP contribution in [0.5, 0.6) is 11.5 Å². The van der Waals surface area contributed by atoms with Crippen molar-refractivity contribution in [2.75, 3.05) is 18.5 Å². The van der Waals surface area contributed by atoms with Crippen LogP contribution in [0.15, 0.2) is 47.6 Å². The Morgan fingerprint density at radius 2 is 1.87 bits per heavy atom. The molecule has 0 spiro atoms. The fraction of sp³-hybridized carbons (Fsp3) is 0.318. The Kier molecular flexibility index (Phi) is 8.80. The van der Waals surface area contributed by atoms with E-state index in [2.05, 4.69) is 15.8 Å².